The molecule has 1 aromatic carbocycles. The van der Waals surface area contributed by atoms with Gasteiger partial charge in [0.1, 0.15) is 10.1 Å². The van der Waals surface area contributed by atoms with Crippen LogP contribution in [0.15, 0.2) is 45.2 Å². The van der Waals surface area contributed by atoms with Crippen LogP contribution in [0.4, 0.5) is 0 Å². The molecule has 0 fully saturated rings. The highest BCUT2D eigenvalue weighted by Crippen LogP contribution is 2.20. The molecular formula is C18H27IN4OS2. The first kappa shape index (κ1) is 23.0. The number of para-hydroxylation sites is 1. The lowest BCUT2D eigenvalue weighted by molar-refractivity contribution is 0.409. The van der Waals surface area contributed by atoms with Gasteiger partial charge in [-0.05, 0) is 31.4 Å². The van der Waals surface area contributed by atoms with E-state index in [2.05, 4.69) is 33.6 Å². The van der Waals surface area contributed by atoms with Crippen molar-refractivity contribution in [2.24, 2.45) is 4.99 Å². The van der Waals surface area contributed by atoms with Crippen LogP contribution in [0.25, 0.3) is 0 Å². The van der Waals surface area contributed by atoms with Crippen LogP contribution in [0.3, 0.4) is 0 Å². The Kier molecular flexibility index (Phi) is 12.5. The summed E-state index contributed by atoms with van der Waals surface area (Å²) in [6.45, 7) is 4.56. The summed E-state index contributed by atoms with van der Waals surface area (Å²) in [5.41, 5.74) is 1.20. The fourth-order valence-electron chi connectivity index (χ4n) is 2.26. The molecule has 2 rings (SSSR count). The highest BCUT2D eigenvalue weighted by Gasteiger charge is 2.02. The summed E-state index contributed by atoms with van der Waals surface area (Å²) < 4.78 is 6.52. The van der Waals surface area contributed by atoms with E-state index < -0.39 is 0 Å². The van der Waals surface area contributed by atoms with Gasteiger partial charge in [-0.3, -0.25) is 4.99 Å². The maximum atomic E-state index is 5.39. The molecule has 5 nitrogen and oxygen atoms in total. The molecule has 2 N–H and O–H groups in total. The lowest BCUT2D eigenvalue weighted by Gasteiger charge is -2.12. The number of hydrogen-bond acceptors (Lipinski definition) is 5. The van der Waals surface area contributed by atoms with Gasteiger partial charge in [-0.1, -0.05) is 30.0 Å². The molecule has 1 heterocycles. The van der Waals surface area contributed by atoms with Crippen LogP contribution < -0.4 is 15.4 Å². The molecule has 144 valence electrons. The Morgan fingerprint density at radius 3 is 2.88 bits per heavy atom. The maximum absolute atomic E-state index is 5.39. The van der Waals surface area contributed by atoms with E-state index in [4.69, 9.17) is 4.74 Å². The molecule has 0 bridgehead atoms. The van der Waals surface area contributed by atoms with E-state index in [-0.39, 0.29) is 24.0 Å². The van der Waals surface area contributed by atoms with E-state index in [1.54, 1.807) is 30.2 Å². The number of thiazole rings is 1. The van der Waals surface area contributed by atoms with Crippen molar-refractivity contribution in [3.63, 3.8) is 0 Å². The number of nitrogens with one attached hydrogen (secondary N) is 2. The lowest BCUT2D eigenvalue weighted by atomic mass is 10.1. The molecular weight excluding hydrogens is 479 g/mol. The number of ether oxygens (including phenoxy) is 1. The van der Waals surface area contributed by atoms with Crippen molar-refractivity contribution >= 4 is 53.0 Å². The summed E-state index contributed by atoms with van der Waals surface area (Å²) in [5, 5.41) is 8.69. The van der Waals surface area contributed by atoms with Gasteiger partial charge >= 0.3 is 0 Å². The van der Waals surface area contributed by atoms with Crippen molar-refractivity contribution in [1.82, 2.24) is 15.6 Å². The van der Waals surface area contributed by atoms with Crippen LogP contribution in [0.1, 0.15) is 18.9 Å². The van der Waals surface area contributed by atoms with Crippen molar-refractivity contribution < 1.29 is 4.74 Å². The number of nitrogens with zero attached hydrogens (tertiary/aromatic N) is 2. The van der Waals surface area contributed by atoms with Crippen LogP contribution in [-0.2, 0) is 6.42 Å². The van der Waals surface area contributed by atoms with Crippen LogP contribution in [0.5, 0.6) is 5.75 Å². The minimum atomic E-state index is 0. The van der Waals surface area contributed by atoms with E-state index in [9.17, 15) is 0 Å². The molecule has 0 radical (unpaired) electrons. The number of guanidine groups is 1. The van der Waals surface area contributed by atoms with Crippen molar-refractivity contribution in [1.29, 1.82) is 0 Å². The fourth-order valence-corrected chi connectivity index (χ4v) is 3.90. The molecule has 0 atom stereocenters. The molecule has 26 heavy (non-hydrogen) atoms. The number of benzene rings is 1. The normalized spacial score (nSPS) is 10.9. The zero-order valence-electron chi connectivity index (χ0n) is 15.2. The first-order valence-corrected chi connectivity index (χ1v) is 10.4. The highest BCUT2D eigenvalue weighted by molar-refractivity contribution is 14.0. The van der Waals surface area contributed by atoms with Gasteiger partial charge in [0.2, 0.25) is 0 Å². The quantitative estimate of drug-likeness (QED) is 0.168. The lowest BCUT2D eigenvalue weighted by Crippen LogP contribution is -2.38. The van der Waals surface area contributed by atoms with Gasteiger partial charge in [-0.2, -0.15) is 0 Å². The van der Waals surface area contributed by atoms with Gasteiger partial charge in [-0.15, -0.1) is 35.3 Å². The molecule has 0 aliphatic heterocycles. The third-order valence-corrected chi connectivity index (χ3v) is 5.48. The van der Waals surface area contributed by atoms with Gasteiger partial charge in [0.05, 0.1) is 7.11 Å². The molecule has 8 heteroatoms. The maximum Gasteiger partial charge on any atom is 0.191 e. The number of aromatic nitrogens is 1. The van der Waals surface area contributed by atoms with Gasteiger partial charge in [0, 0.05) is 37.0 Å². The summed E-state index contributed by atoms with van der Waals surface area (Å²) in [6, 6.07) is 8.12. The largest absolute Gasteiger partial charge is 0.496 e. The highest BCUT2D eigenvalue weighted by atomic mass is 127. The second-order valence-corrected chi connectivity index (χ2v) is 7.49. The first-order chi connectivity index (χ1) is 12.3. The minimum absolute atomic E-state index is 0. The molecule has 2 aromatic rings. The Morgan fingerprint density at radius 2 is 2.15 bits per heavy atom. The van der Waals surface area contributed by atoms with E-state index in [1.165, 1.54) is 5.56 Å². The number of thioether (sulfide) groups is 1. The summed E-state index contributed by atoms with van der Waals surface area (Å²) in [7, 11) is 1.71. The second kappa shape index (κ2) is 14.1. The molecule has 0 saturated heterocycles. The van der Waals surface area contributed by atoms with Crippen molar-refractivity contribution in [3.05, 3.63) is 41.4 Å². The number of hydrogen-bond donors (Lipinski definition) is 2. The molecule has 1 aromatic heterocycles. The fraction of sp³-hybridized carbons (Fsp3) is 0.444. The minimum Gasteiger partial charge on any atom is -0.496 e. The Bertz CT molecular complexity index is 638. The number of methoxy groups -OCH3 is 1. The number of halogens is 1. The van der Waals surface area contributed by atoms with Crippen LogP contribution in [-0.4, -0.2) is 43.4 Å². The first-order valence-electron chi connectivity index (χ1n) is 8.50. The van der Waals surface area contributed by atoms with Crippen LogP contribution in [0, 0.1) is 0 Å². The predicted molar refractivity (Wildman–Crippen MR) is 124 cm³/mol. The zero-order chi connectivity index (χ0) is 17.7. The molecule has 0 aliphatic rings. The molecule has 0 spiro atoms. The summed E-state index contributed by atoms with van der Waals surface area (Å²) in [6.07, 6.45) is 3.78. The van der Waals surface area contributed by atoms with Gasteiger partial charge in [0.25, 0.3) is 0 Å². The molecule has 0 aliphatic carbocycles. The topological polar surface area (TPSA) is 58.5 Å². The van der Waals surface area contributed by atoms with Crippen molar-refractivity contribution in [2.45, 2.75) is 24.1 Å². The van der Waals surface area contributed by atoms with E-state index >= 15 is 0 Å². The number of aliphatic imine (C=N–C) groups is 1. The zero-order valence-corrected chi connectivity index (χ0v) is 19.2. The smallest absolute Gasteiger partial charge is 0.191 e. The second-order valence-electron chi connectivity index (χ2n) is 5.25. The van der Waals surface area contributed by atoms with Crippen LogP contribution in [0.2, 0.25) is 0 Å². The SMILES string of the molecule is CCNC(=NCCCSc1nccs1)NCCc1ccccc1OC.I. The number of rotatable bonds is 10. The molecule has 0 amide bonds. The van der Waals surface area contributed by atoms with E-state index in [0.29, 0.717) is 0 Å². The molecule has 0 unspecified atom stereocenters. The third-order valence-electron chi connectivity index (χ3n) is 3.43. The van der Waals surface area contributed by atoms with E-state index in [1.807, 2.05) is 29.8 Å². The van der Waals surface area contributed by atoms with Crippen molar-refractivity contribution in [2.75, 3.05) is 32.5 Å². The summed E-state index contributed by atoms with van der Waals surface area (Å²) in [5.74, 6) is 2.85. The standard InChI is InChI=1S/C18H26N4OS2.HI/c1-3-19-17(20-10-6-13-24-18-22-12-14-25-18)21-11-9-15-7-4-5-8-16(15)23-2;/h4-5,7-8,12,14H,3,6,9-11,13H2,1-2H3,(H2,19,20,21);1H. The summed E-state index contributed by atoms with van der Waals surface area (Å²) >= 11 is 3.48. The van der Waals surface area contributed by atoms with Gasteiger partial charge in [-0.25, -0.2) is 4.98 Å². The van der Waals surface area contributed by atoms with E-state index in [0.717, 1.165) is 54.3 Å². The van der Waals surface area contributed by atoms with Gasteiger partial charge < -0.3 is 15.4 Å². The van der Waals surface area contributed by atoms with Gasteiger partial charge in [0.15, 0.2) is 5.96 Å². The Morgan fingerprint density at radius 1 is 1.31 bits per heavy atom. The Balaban J connectivity index is 0.00000338. The Labute approximate surface area is 181 Å². The summed E-state index contributed by atoms with van der Waals surface area (Å²) in [4.78, 5) is 8.91. The molecule has 0 saturated carbocycles. The Hall–Kier alpha value is -1.000. The third kappa shape index (κ3) is 8.59. The van der Waals surface area contributed by atoms with Crippen LogP contribution >= 0.6 is 47.1 Å². The average Bonchev–Trinajstić information content (AvgIpc) is 3.15. The average molecular weight is 506 g/mol. The van der Waals surface area contributed by atoms with Crippen molar-refractivity contribution in [3.8, 4) is 5.75 Å². The predicted octanol–water partition coefficient (Wildman–Crippen LogP) is 4.05. The monoisotopic (exact) mass is 506 g/mol.